The summed E-state index contributed by atoms with van der Waals surface area (Å²) in [6.45, 7) is 0.602. The van der Waals surface area contributed by atoms with Crippen molar-refractivity contribution in [2.75, 3.05) is 27.0 Å². The first kappa shape index (κ1) is 16.9. The van der Waals surface area contributed by atoms with Crippen LogP contribution in [-0.2, 0) is 33.1 Å². The lowest BCUT2D eigenvalue weighted by atomic mass is 10.1. The molecule has 0 aliphatic carbocycles. The highest BCUT2D eigenvalue weighted by Gasteiger charge is 2.42. The number of rotatable bonds is 5. The second kappa shape index (κ2) is 6.35. The van der Waals surface area contributed by atoms with E-state index >= 15 is 0 Å². The molecule has 9 heteroatoms. The van der Waals surface area contributed by atoms with Crippen LogP contribution in [0, 0.1) is 0 Å². The zero-order chi connectivity index (χ0) is 16.5. The minimum absolute atomic E-state index is 0.215. The maximum Gasteiger partial charge on any atom is 0.241 e. The third-order valence-electron chi connectivity index (χ3n) is 3.82. The van der Waals surface area contributed by atoms with Crippen molar-refractivity contribution in [1.82, 2.24) is 19.0 Å². The number of hydrogen-bond acceptors (Lipinski definition) is 5. The first-order chi connectivity index (χ1) is 10.2. The number of methoxy groups -OCH3 is 1. The Morgan fingerprint density at radius 2 is 2.23 bits per heavy atom. The average molecular weight is 330 g/mol. The average Bonchev–Trinajstić information content (AvgIpc) is 3.03. The van der Waals surface area contributed by atoms with Gasteiger partial charge in [0.2, 0.25) is 15.9 Å². The predicted octanol–water partition coefficient (Wildman–Crippen LogP) is -0.573. The van der Waals surface area contributed by atoms with E-state index in [4.69, 9.17) is 4.74 Å². The van der Waals surface area contributed by atoms with E-state index in [2.05, 4.69) is 5.10 Å². The molecule has 0 radical (unpaired) electrons. The summed E-state index contributed by atoms with van der Waals surface area (Å²) in [5, 5.41) is 4.06. The molecule has 0 unspecified atom stereocenters. The number of hydrogen-bond donors (Lipinski definition) is 0. The van der Waals surface area contributed by atoms with Crippen LogP contribution in [0.15, 0.2) is 12.4 Å². The van der Waals surface area contributed by atoms with E-state index in [-0.39, 0.29) is 18.6 Å². The van der Waals surface area contributed by atoms with Crippen molar-refractivity contribution in [2.45, 2.75) is 25.1 Å². The molecule has 1 aromatic rings. The molecule has 1 amide bonds. The van der Waals surface area contributed by atoms with Gasteiger partial charge in [0.25, 0.3) is 0 Å². The summed E-state index contributed by atoms with van der Waals surface area (Å²) in [5.41, 5.74) is 0.894. The molecule has 0 bridgehead atoms. The molecule has 124 valence electrons. The molecule has 0 aromatic carbocycles. The SMILES string of the molecule is CO[C@H]1C[C@H](C(=O)N(C)Cc2cnn(C)c2)N(S(C)(=O)=O)C1. The smallest absolute Gasteiger partial charge is 0.241 e. The fourth-order valence-corrected chi connectivity index (χ4v) is 3.77. The van der Waals surface area contributed by atoms with Crippen LogP contribution in [0.25, 0.3) is 0 Å². The van der Waals surface area contributed by atoms with E-state index in [1.54, 1.807) is 25.0 Å². The van der Waals surface area contributed by atoms with Gasteiger partial charge in [-0.25, -0.2) is 8.42 Å². The van der Waals surface area contributed by atoms with Gasteiger partial charge in [0.15, 0.2) is 0 Å². The van der Waals surface area contributed by atoms with Crippen LogP contribution >= 0.6 is 0 Å². The molecule has 1 fully saturated rings. The summed E-state index contributed by atoms with van der Waals surface area (Å²) in [6.07, 6.45) is 4.75. The highest BCUT2D eigenvalue weighted by atomic mass is 32.2. The van der Waals surface area contributed by atoms with Crippen LogP contribution in [0.3, 0.4) is 0 Å². The van der Waals surface area contributed by atoms with Gasteiger partial charge < -0.3 is 9.64 Å². The number of carbonyl (C=O) groups excluding carboxylic acids is 1. The number of ether oxygens (including phenoxy) is 1. The third kappa shape index (κ3) is 3.65. The highest BCUT2D eigenvalue weighted by Crippen LogP contribution is 2.24. The maximum absolute atomic E-state index is 12.6. The number of likely N-dealkylation sites (N-methyl/N-ethyl adjacent to an activating group) is 1. The third-order valence-corrected chi connectivity index (χ3v) is 5.07. The maximum atomic E-state index is 12.6. The second-order valence-corrected chi connectivity index (χ2v) is 7.59. The van der Waals surface area contributed by atoms with Crippen LogP contribution in [0.5, 0.6) is 0 Å². The molecular formula is C13H22N4O4S. The molecule has 0 spiro atoms. The topological polar surface area (TPSA) is 84.7 Å². The summed E-state index contributed by atoms with van der Waals surface area (Å²) >= 11 is 0. The number of carbonyl (C=O) groups is 1. The Morgan fingerprint density at radius 3 is 2.73 bits per heavy atom. The van der Waals surface area contributed by atoms with Gasteiger partial charge in [-0.3, -0.25) is 9.48 Å². The molecule has 2 rings (SSSR count). The number of aromatic nitrogens is 2. The van der Waals surface area contributed by atoms with Gasteiger partial charge in [0, 0.05) is 52.5 Å². The summed E-state index contributed by atoms with van der Waals surface area (Å²) in [7, 11) is 1.54. The molecule has 2 atom stereocenters. The Balaban J connectivity index is 2.12. The summed E-state index contributed by atoms with van der Waals surface area (Å²) in [4.78, 5) is 14.1. The second-order valence-electron chi connectivity index (χ2n) is 5.66. The van der Waals surface area contributed by atoms with Crippen LogP contribution < -0.4 is 0 Å². The normalized spacial score (nSPS) is 22.9. The van der Waals surface area contributed by atoms with E-state index < -0.39 is 16.1 Å². The Kier molecular flexibility index (Phi) is 4.88. The molecule has 2 heterocycles. The fraction of sp³-hybridized carbons (Fsp3) is 0.692. The van der Waals surface area contributed by atoms with Crippen molar-refractivity contribution in [3.05, 3.63) is 18.0 Å². The fourth-order valence-electron chi connectivity index (χ4n) is 2.69. The van der Waals surface area contributed by atoms with Crippen molar-refractivity contribution in [3.63, 3.8) is 0 Å². The van der Waals surface area contributed by atoms with Crippen molar-refractivity contribution >= 4 is 15.9 Å². The summed E-state index contributed by atoms with van der Waals surface area (Å²) in [6, 6.07) is -0.707. The Labute approximate surface area is 130 Å². The lowest BCUT2D eigenvalue weighted by Gasteiger charge is -2.25. The minimum atomic E-state index is -3.45. The highest BCUT2D eigenvalue weighted by molar-refractivity contribution is 7.88. The summed E-state index contributed by atoms with van der Waals surface area (Å²) in [5.74, 6) is -0.228. The number of aryl methyl sites for hydroxylation is 1. The largest absolute Gasteiger partial charge is 0.380 e. The lowest BCUT2D eigenvalue weighted by Crippen LogP contribution is -2.45. The standard InChI is InChI=1S/C13H22N4O4S/c1-15(7-10-6-14-16(2)8-10)13(18)12-5-11(21-3)9-17(12)22(4,19)20/h6,8,11-12H,5,7,9H2,1-4H3/t11-,12+/m0/s1. The van der Waals surface area contributed by atoms with Crippen LogP contribution in [0.1, 0.15) is 12.0 Å². The van der Waals surface area contributed by atoms with Gasteiger partial charge in [-0.15, -0.1) is 0 Å². The van der Waals surface area contributed by atoms with Gasteiger partial charge in [0.1, 0.15) is 6.04 Å². The minimum Gasteiger partial charge on any atom is -0.380 e. The molecule has 0 saturated carbocycles. The first-order valence-electron chi connectivity index (χ1n) is 6.94. The predicted molar refractivity (Wildman–Crippen MR) is 80.4 cm³/mol. The van der Waals surface area contributed by atoms with Crippen molar-refractivity contribution in [2.24, 2.45) is 7.05 Å². The van der Waals surface area contributed by atoms with E-state index in [1.807, 2.05) is 6.20 Å². The molecule has 0 N–H and O–H groups in total. The van der Waals surface area contributed by atoms with Gasteiger partial charge in [-0.05, 0) is 0 Å². The molecule has 22 heavy (non-hydrogen) atoms. The van der Waals surface area contributed by atoms with E-state index in [9.17, 15) is 13.2 Å². The Hall–Kier alpha value is -1.45. The lowest BCUT2D eigenvalue weighted by molar-refractivity contribution is -0.133. The number of amides is 1. The zero-order valence-electron chi connectivity index (χ0n) is 13.3. The quantitative estimate of drug-likeness (QED) is 0.722. The zero-order valence-corrected chi connectivity index (χ0v) is 14.1. The monoisotopic (exact) mass is 330 g/mol. The van der Waals surface area contributed by atoms with Gasteiger partial charge in [0.05, 0.1) is 18.6 Å². The number of nitrogens with zero attached hydrogens (tertiary/aromatic N) is 4. The Bertz CT molecular complexity index is 642. The van der Waals surface area contributed by atoms with Gasteiger partial charge in [-0.1, -0.05) is 0 Å². The van der Waals surface area contributed by atoms with Crippen LogP contribution in [-0.4, -0.2) is 72.4 Å². The number of sulfonamides is 1. The van der Waals surface area contributed by atoms with Gasteiger partial charge in [-0.2, -0.15) is 9.40 Å². The van der Waals surface area contributed by atoms with Crippen molar-refractivity contribution in [3.8, 4) is 0 Å². The van der Waals surface area contributed by atoms with Crippen LogP contribution in [0.2, 0.25) is 0 Å². The van der Waals surface area contributed by atoms with Gasteiger partial charge >= 0.3 is 0 Å². The molecule has 1 aliphatic heterocycles. The van der Waals surface area contributed by atoms with E-state index in [1.165, 1.54) is 16.3 Å². The Morgan fingerprint density at radius 1 is 1.55 bits per heavy atom. The molecule has 8 nitrogen and oxygen atoms in total. The van der Waals surface area contributed by atoms with Crippen molar-refractivity contribution in [1.29, 1.82) is 0 Å². The molecule has 1 saturated heterocycles. The van der Waals surface area contributed by atoms with E-state index in [0.717, 1.165) is 11.8 Å². The van der Waals surface area contributed by atoms with Crippen molar-refractivity contribution < 1.29 is 17.9 Å². The molecule has 1 aromatic heterocycles. The molecule has 1 aliphatic rings. The summed E-state index contributed by atoms with van der Waals surface area (Å²) < 4.78 is 31.9. The van der Waals surface area contributed by atoms with E-state index in [0.29, 0.717) is 13.0 Å². The molecular weight excluding hydrogens is 308 g/mol. The van der Waals surface area contributed by atoms with Crippen LogP contribution in [0.4, 0.5) is 0 Å². The first-order valence-corrected chi connectivity index (χ1v) is 8.79.